The number of fused-ring (bicyclic) bond motifs is 1. The van der Waals surface area contributed by atoms with Gasteiger partial charge in [-0.05, 0) is 48.6 Å². The third kappa shape index (κ3) is 4.17. The summed E-state index contributed by atoms with van der Waals surface area (Å²) in [5.41, 5.74) is 2.58. The lowest BCUT2D eigenvalue weighted by Gasteiger charge is -2.26. The van der Waals surface area contributed by atoms with Gasteiger partial charge in [0.25, 0.3) is 5.91 Å². The molecule has 1 N–H and O–H groups in total. The number of ether oxygens (including phenoxy) is 2. The first kappa shape index (κ1) is 18.3. The molecule has 6 heteroatoms. The molecule has 3 rings (SSSR count). The van der Waals surface area contributed by atoms with Crippen LogP contribution in [0.5, 0.6) is 5.75 Å². The zero-order valence-electron chi connectivity index (χ0n) is 14.5. The average molecular weight is 374 g/mol. The van der Waals surface area contributed by atoms with Gasteiger partial charge in [0.1, 0.15) is 11.3 Å². The monoisotopic (exact) mass is 373 g/mol. The number of esters is 1. The topological polar surface area (TPSA) is 64.6 Å². The lowest BCUT2D eigenvalue weighted by atomic mass is 9.88. The minimum atomic E-state index is -0.649. The van der Waals surface area contributed by atoms with Gasteiger partial charge in [-0.1, -0.05) is 35.9 Å². The van der Waals surface area contributed by atoms with Gasteiger partial charge in [-0.2, -0.15) is 0 Å². The van der Waals surface area contributed by atoms with E-state index in [2.05, 4.69) is 11.4 Å². The van der Waals surface area contributed by atoms with Gasteiger partial charge in [0.2, 0.25) is 0 Å². The van der Waals surface area contributed by atoms with Crippen molar-refractivity contribution >= 4 is 23.5 Å². The van der Waals surface area contributed by atoms with Crippen LogP contribution < -0.4 is 10.1 Å². The van der Waals surface area contributed by atoms with Crippen LogP contribution in [0.4, 0.5) is 0 Å². The molecule has 0 aliphatic heterocycles. The zero-order valence-corrected chi connectivity index (χ0v) is 15.2. The van der Waals surface area contributed by atoms with Crippen molar-refractivity contribution in [3.8, 4) is 5.75 Å². The summed E-state index contributed by atoms with van der Waals surface area (Å²) in [5, 5.41) is 3.34. The molecule has 1 atom stereocenters. The van der Waals surface area contributed by atoms with Gasteiger partial charge >= 0.3 is 5.97 Å². The fourth-order valence-corrected chi connectivity index (χ4v) is 3.36. The van der Waals surface area contributed by atoms with Crippen LogP contribution in [0, 0.1) is 0 Å². The van der Waals surface area contributed by atoms with Gasteiger partial charge in [0, 0.05) is 5.02 Å². The quantitative estimate of drug-likeness (QED) is 0.811. The molecule has 0 unspecified atom stereocenters. The summed E-state index contributed by atoms with van der Waals surface area (Å²) >= 11 is 5.91. The Morgan fingerprint density at radius 3 is 2.85 bits per heavy atom. The third-order valence-electron chi connectivity index (χ3n) is 4.42. The molecule has 0 radical (unpaired) electrons. The molecular formula is C20H20ClNO4. The molecule has 0 saturated carbocycles. The molecule has 0 heterocycles. The van der Waals surface area contributed by atoms with Crippen LogP contribution in [0.1, 0.15) is 40.4 Å². The molecule has 5 nitrogen and oxygen atoms in total. The Morgan fingerprint density at radius 1 is 1.23 bits per heavy atom. The summed E-state index contributed by atoms with van der Waals surface area (Å²) in [7, 11) is 1.45. The smallest absolute Gasteiger partial charge is 0.342 e. The number of rotatable bonds is 5. The number of nitrogens with one attached hydrogen (secondary N) is 1. The Labute approximate surface area is 157 Å². The van der Waals surface area contributed by atoms with E-state index in [0.717, 1.165) is 24.8 Å². The number of methoxy groups -OCH3 is 1. The van der Waals surface area contributed by atoms with Crippen molar-refractivity contribution in [3.05, 3.63) is 64.2 Å². The molecule has 136 valence electrons. The number of hydrogen-bond donors (Lipinski definition) is 1. The Bertz CT molecular complexity index is 821. The van der Waals surface area contributed by atoms with Gasteiger partial charge in [-0.25, -0.2) is 4.79 Å². The number of halogens is 1. The van der Waals surface area contributed by atoms with Gasteiger partial charge < -0.3 is 14.8 Å². The Morgan fingerprint density at radius 2 is 2.04 bits per heavy atom. The first-order chi connectivity index (χ1) is 12.6. The highest BCUT2D eigenvalue weighted by Crippen LogP contribution is 2.29. The molecular weight excluding hydrogens is 354 g/mol. The average Bonchev–Trinajstić information content (AvgIpc) is 2.66. The first-order valence-corrected chi connectivity index (χ1v) is 8.84. The SMILES string of the molecule is COc1ccc(Cl)cc1C(=O)OCC(=O)N[C@@H]1CCCc2ccccc21. The van der Waals surface area contributed by atoms with Crippen LogP contribution in [0.25, 0.3) is 0 Å². The van der Waals surface area contributed by atoms with Gasteiger partial charge in [-0.3, -0.25) is 4.79 Å². The Balaban J connectivity index is 1.60. The molecule has 0 saturated heterocycles. The second-order valence-corrected chi connectivity index (χ2v) is 6.57. The van der Waals surface area contributed by atoms with Gasteiger partial charge in [-0.15, -0.1) is 0 Å². The van der Waals surface area contributed by atoms with E-state index in [1.54, 1.807) is 12.1 Å². The molecule has 0 aromatic heterocycles. The van der Waals surface area contributed by atoms with E-state index < -0.39 is 5.97 Å². The maximum absolute atomic E-state index is 12.2. The number of aryl methyl sites for hydroxylation is 1. The van der Waals surface area contributed by atoms with E-state index in [1.165, 1.54) is 18.7 Å². The van der Waals surface area contributed by atoms with Crippen molar-refractivity contribution in [1.29, 1.82) is 0 Å². The first-order valence-electron chi connectivity index (χ1n) is 8.46. The predicted octanol–water partition coefficient (Wildman–Crippen LogP) is 3.70. The van der Waals surface area contributed by atoms with E-state index in [9.17, 15) is 9.59 Å². The Hall–Kier alpha value is -2.53. The number of carbonyl (C=O) groups excluding carboxylic acids is 2. The molecule has 2 aromatic carbocycles. The van der Waals surface area contributed by atoms with E-state index >= 15 is 0 Å². The van der Waals surface area contributed by atoms with Crippen molar-refractivity contribution in [1.82, 2.24) is 5.32 Å². The minimum Gasteiger partial charge on any atom is -0.496 e. The van der Waals surface area contributed by atoms with Crippen LogP contribution >= 0.6 is 11.6 Å². The lowest BCUT2D eigenvalue weighted by molar-refractivity contribution is -0.125. The standard InChI is InChI=1S/C20H20ClNO4/c1-25-18-10-9-14(21)11-16(18)20(24)26-12-19(23)22-17-8-4-6-13-5-2-3-7-15(13)17/h2-3,5,7,9-11,17H,4,6,8,12H2,1H3,(H,22,23)/t17-/m1/s1. The minimum absolute atomic E-state index is 0.0492. The molecule has 0 bridgehead atoms. The van der Waals surface area contributed by atoms with Gasteiger partial charge in [0.15, 0.2) is 6.61 Å². The maximum Gasteiger partial charge on any atom is 0.342 e. The van der Waals surface area contributed by atoms with Crippen molar-refractivity contribution in [2.45, 2.75) is 25.3 Å². The van der Waals surface area contributed by atoms with Crippen LogP contribution in [-0.2, 0) is 16.0 Å². The van der Waals surface area contributed by atoms with E-state index in [1.807, 2.05) is 18.2 Å². The predicted molar refractivity (Wildman–Crippen MR) is 98.6 cm³/mol. The van der Waals surface area contributed by atoms with E-state index in [4.69, 9.17) is 21.1 Å². The van der Waals surface area contributed by atoms with Gasteiger partial charge in [0.05, 0.1) is 13.2 Å². The number of amides is 1. The third-order valence-corrected chi connectivity index (χ3v) is 4.66. The lowest BCUT2D eigenvalue weighted by Crippen LogP contribution is -2.34. The number of hydrogen-bond acceptors (Lipinski definition) is 4. The van der Waals surface area contributed by atoms with Crippen LogP contribution in [0.3, 0.4) is 0 Å². The number of benzene rings is 2. The van der Waals surface area contributed by atoms with Crippen molar-refractivity contribution in [3.63, 3.8) is 0 Å². The van der Waals surface area contributed by atoms with Crippen LogP contribution in [0.2, 0.25) is 5.02 Å². The van der Waals surface area contributed by atoms with E-state index in [0.29, 0.717) is 10.8 Å². The number of carbonyl (C=O) groups is 2. The highest BCUT2D eigenvalue weighted by Gasteiger charge is 2.22. The maximum atomic E-state index is 12.2. The Kier molecular flexibility index (Phi) is 5.78. The second kappa shape index (κ2) is 8.23. The summed E-state index contributed by atoms with van der Waals surface area (Å²) in [4.78, 5) is 24.5. The normalized spacial score (nSPS) is 15.7. The summed E-state index contributed by atoms with van der Waals surface area (Å²) in [6, 6.07) is 12.7. The molecule has 26 heavy (non-hydrogen) atoms. The van der Waals surface area contributed by atoms with E-state index in [-0.39, 0.29) is 24.1 Å². The largest absolute Gasteiger partial charge is 0.496 e. The zero-order chi connectivity index (χ0) is 18.5. The van der Waals surface area contributed by atoms with Crippen molar-refractivity contribution in [2.24, 2.45) is 0 Å². The molecule has 0 fully saturated rings. The summed E-state index contributed by atoms with van der Waals surface area (Å²) < 4.78 is 10.3. The molecule has 1 aliphatic rings. The summed E-state index contributed by atoms with van der Waals surface area (Å²) in [6.45, 7) is -0.354. The fraction of sp³-hybridized carbons (Fsp3) is 0.300. The molecule has 1 amide bonds. The highest BCUT2D eigenvalue weighted by molar-refractivity contribution is 6.31. The summed E-state index contributed by atoms with van der Waals surface area (Å²) in [6.07, 6.45) is 2.91. The summed E-state index contributed by atoms with van der Waals surface area (Å²) in [5.74, 6) is -0.634. The highest BCUT2D eigenvalue weighted by atomic mass is 35.5. The van der Waals surface area contributed by atoms with Crippen molar-refractivity contribution < 1.29 is 19.1 Å². The van der Waals surface area contributed by atoms with Crippen LogP contribution in [0.15, 0.2) is 42.5 Å². The second-order valence-electron chi connectivity index (χ2n) is 6.13. The van der Waals surface area contributed by atoms with Crippen molar-refractivity contribution in [2.75, 3.05) is 13.7 Å². The molecule has 1 aliphatic carbocycles. The molecule has 2 aromatic rings. The fourth-order valence-electron chi connectivity index (χ4n) is 3.19. The molecule has 0 spiro atoms. The van der Waals surface area contributed by atoms with Crippen LogP contribution in [-0.4, -0.2) is 25.6 Å².